The maximum absolute atomic E-state index is 9.41. The van der Waals surface area contributed by atoms with Crippen LogP contribution in [0.15, 0.2) is 12.1 Å². The summed E-state index contributed by atoms with van der Waals surface area (Å²) in [4.78, 5) is 0. The minimum Gasteiger partial charge on any atom is -0.507 e. The van der Waals surface area contributed by atoms with Crippen LogP contribution < -0.4 is 4.74 Å². The molecular formula is C9H12O4. The Morgan fingerprint density at radius 3 is 2.38 bits per heavy atom. The third-order valence-electron chi connectivity index (χ3n) is 1.68. The highest BCUT2D eigenvalue weighted by Gasteiger charge is 2.08. The maximum atomic E-state index is 9.41. The van der Waals surface area contributed by atoms with E-state index in [9.17, 15) is 10.2 Å². The molecule has 1 aromatic carbocycles. The van der Waals surface area contributed by atoms with Gasteiger partial charge in [-0.15, -0.1) is 0 Å². The summed E-state index contributed by atoms with van der Waals surface area (Å²) in [5, 5.41) is 18.8. The molecule has 1 aromatic rings. The molecule has 13 heavy (non-hydrogen) atoms. The highest BCUT2D eigenvalue weighted by molar-refractivity contribution is 5.48. The van der Waals surface area contributed by atoms with Gasteiger partial charge in [-0.2, -0.15) is 0 Å². The molecule has 0 aromatic heterocycles. The number of ether oxygens (including phenoxy) is 2. The summed E-state index contributed by atoms with van der Waals surface area (Å²) in [6, 6.07) is 2.77. The minimum atomic E-state index is -0.00708. The van der Waals surface area contributed by atoms with Gasteiger partial charge in [0, 0.05) is 18.7 Å². The number of phenolic OH excluding ortho intramolecular Hbond substituents is 2. The SMILES string of the molecule is COCc1cc(O)c(OC)cc1O. The Morgan fingerprint density at radius 2 is 1.85 bits per heavy atom. The Hall–Kier alpha value is -1.42. The maximum Gasteiger partial charge on any atom is 0.164 e. The molecule has 0 heterocycles. The number of phenols is 2. The van der Waals surface area contributed by atoms with Crippen molar-refractivity contribution in [1.82, 2.24) is 0 Å². The highest BCUT2D eigenvalue weighted by Crippen LogP contribution is 2.33. The van der Waals surface area contributed by atoms with Crippen LogP contribution in [-0.4, -0.2) is 24.4 Å². The zero-order chi connectivity index (χ0) is 9.84. The Kier molecular flexibility index (Phi) is 2.97. The second kappa shape index (κ2) is 4.00. The Balaban J connectivity index is 3.05. The Labute approximate surface area is 76.3 Å². The van der Waals surface area contributed by atoms with Crippen LogP contribution in [0.25, 0.3) is 0 Å². The van der Waals surface area contributed by atoms with Gasteiger partial charge in [-0.1, -0.05) is 0 Å². The van der Waals surface area contributed by atoms with Crippen LogP contribution in [0.2, 0.25) is 0 Å². The minimum absolute atomic E-state index is 0.00708. The molecule has 0 atom stereocenters. The van der Waals surface area contributed by atoms with Crippen LogP contribution in [0.1, 0.15) is 5.56 Å². The van der Waals surface area contributed by atoms with E-state index in [4.69, 9.17) is 9.47 Å². The van der Waals surface area contributed by atoms with Crippen LogP contribution in [0.3, 0.4) is 0 Å². The second-order valence-corrected chi connectivity index (χ2v) is 2.59. The zero-order valence-electron chi connectivity index (χ0n) is 7.57. The molecule has 0 amide bonds. The van der Waals surface area contributed by atoms with Gasteiger partial charge in [0.05, 0.1) is 13.7 Å². The van der Waals surface area contributed by atoms with E-state index >= 15 is 0 Å². The van der Waals surface area contributed by atoms with E-state index < -0.39 is 0 Å². The van der Waals surface area contributed by atoms with Crippen molar-refractivity contribution in [3.63, 3.8) is 0 Å². The molecule has 4 heteroatoms. The summed E-state index contributed by atoms with van der Waals surface area (Å²) in [7, 11) is 2.94. The molecule has 4 nitrogen and oxygen atoms in total. The lowest BCUT2D eigenvalue weighted by molar-refractivity contribution is 0.181. The van der Waals surface area contributed by atoms with Crippen molar-refractivity contribution in [2.45, 2.75) is 6.61 Å². The zero-order valence-corrected chi connectivity index (χ0v) is 7.57. The van der Waals surface area contributed by atoms with E-state index in [0.29, 0.717) is 5.56 Å². The molecule has 0 aliphatic carbocycles. The first kappa shape index (κ1) is 9.67. The third kappa shape index (κ3) is 2.03. The van der Waals surface area contributed by atoms with Crippen LogP contribution >= 0.6 is 0 Å². The monoisotopic (exact) mass is 184 g/mol. The molecule has 1 rings (SSSR count). The van der Waals surface area contributed by atoms with E-state index in [1.165, 1.54) is 26.4 Å². The average molecular weight is 184 g/mol. The molecule has 0 aliphatic heterocycles. The van der Waals surface area contributed by atoms with Gasteiger partial charge in [-0.3, -0.25) is 0 Å². The Bertz CT molecular complexity index is 296. The number of benzene rings is 1. The van der Waals surface area contributed by atoms with E-state index in [1.807, 2.05) is 0 Å². The molecule has 2 N–H and O–H groups in total. The summed E-state index contributed by atoms with van der Waals surface area (Å²) in [5.41, 5.74) is 0.529. The fourth-order valence-corrected chi connectivity index (χ4v) is 1.04. The number of aromatic hydroxyl groups is 2. The largest absolute Gasteiger partial charge is 0.507 e. The van der Waals surface area contributed by atoms with E-state index in [-0.39, 0.29) is 23.9 Å². The summed E-state index contributed by atoms with van der Waals surface area (Å²) in [6.07, 6.45) is 0. The van der Waals surface area contributed by atoms with Crippen molar-refractivity contribution in [2.75, 3.05) is 14.2 Å². The molecule has 0 unspecified atom stereocenters. The molecule has 0 spiro atoms. The van der Waals surface area contributed by atoms with Gasteiger partial charge in [-0.25, -0.2) is 0 Å². The lowest BCUT2D eigenvalue weighted by Crippen LogP contribution is -1.90. The van der Waals surface area contributed by atoms with Crippen molar-refractivity contribution in [2.24, 2.45) is 0 Å². The van der Waals surface area contributed by atoms with Crippen molar-refractivity contribution in [3.05, 3.63) is 17.7 Å². The average Bonchev–Trinajstić information content (AvgIpc) is 2.11. The van der Waals surface area contributed by atoms with Crippen LogP contribution in [0.4, 0.5) is 0 Å². The van der Waals surface area contributed by atoms with Crippen molar-refractivity contribution in [3.8, 4) is 17.2 Å². The first-order valence-electron chi connectivity index (χ1n) is 3.76. The third-order valence-corrected chi connectivity index (χ3v) is 1.68. The molecule has 0 fully saturated rings. The lowest BCUT2D eigenvalue weighted by atomic mass is 10.2. The quantitative estimate of drug-likeness (QED) is 0.694. The van der Waals surface area contributed by atoms with Crippen molar-refractivity contribution < 1.29 is 19.7 Å². The molecular weight excluding hydrogens is 172 g/mol. The van der Waals surface area contributed by atoms with Gasteiger partial charge < -0.3 is 19.7 Å². The predicted octanol–water partition coefficient (Wildman–Crippen LogP) is 1.25. The van der Waals surface area contributed by atoms with Crippen molar-refractivity contribution >= 4 is 0 Å². The van der Waals surface area contributed by atoms with E-state index in [0.717, 1.165) is 0 Å². The molecule has 0 bridgehead atoms. The topological polar surface area (TPSA) is 58.9 Å². The van der Waals surface area contributed by atoms with E-state index in [2.05, 4.69) is 0 Å². The van der Waals surface area contributed by atoms with Gasteiger partial charge in [0.1, 0.15) is 5.75 Å². The molecule has 0 radical (unpaired) electrons. The van der Waals surface area contributed by atoms with Crippen LogP contribution in [-0.2, 0) is 11.3 Å². The molecule has 0 aliphatic rings. The fourth-order valence-electron chi connectivity index (χ4n) is 1.04. The van der Waals surface area contributed by atoms with Gasteiger partial charge in [0.2, 0.25) is 0 Å². The first-order valence-corrected chi connectivity index (χ1v) is 3.76. The summed E-state index contributed by atoms with van der Waals surface area (Å²) >= 11 is 0. The number of hydrogen-bond acceptors (Lipinski definition) is 4. The van der Waals surface area contributed by atoms with E-state index in [1.54, 1.807) is 0 Å². The van der Waals surface area contributed by atoms with Gasteiger partial charge in [-0.05, 0) is 6.07 Å². The highest BCUT2D eigenvalue weighted by atomic mass is 16.5. The predicted molar refractivity (Wildman–Crippen MR) is 47.0 cm³/mol. The summed E-state index contributed by atoms with van der Waals surface area (Å²) in [5.74, 6) is 0.293. The van der Waals surface area contributed by atoms with Gasteiger partial charge in [0.15, 0.2) is 11.5 Å². The normalized spacial score (nSPS) is 10.0. The number of hydrogen-bond donors (Lipinski definition) is 2. The number of methoxy groups -OCH3 is 2. The van der Waals surface area contributed by atoms with Crippen LogP contribution in [0.5, 0.6) is 17.2 Å². The first-order chi connectivity index (χ1) is 6.19. The smallest absolute Gasteiger partial charge is 0.164 e. The molecule has 72 valence electrons. The number of rotatable bonds is 3. The lowest BCUT2D eigenvalue weighted by Gasteiger charge is -2.07. The molecule has 0 saturated carbocycles. The molecule has 0 saturated heterocycles. The standard InChI is InChI=1S/C9H12O4/c1-12-5-6-3-8(11)9(13-2)4-7(6)10/h3-4,10-11H,5H2,1-2H3. The van der Waals surface area contributed by atoms with Gasteiger partial charge in [0.25, 0.3) is 0 Å². The van der Waals surface area contributed by atoms with Crippen molar-refractivity contribution in [1.29, 1.82) is 0 Å². The van der Waals surface area contributed by atoms with Gasteiger partial charge >= 0.3 is 0 Å². The van der Waals surface area contributed by atoms with Crippen LogP contribution in [0, 0.1) is 0 Å². The second-order valence-electron chi connectivity index (χ2n) is 2.59. The Morgan fingerprint density at radius 1 is 1.15 bits per heavy atom. The fraction of sp³-hybridized carbons (Fsp3) is 0.333. The summed E-state index contributed by atoms with van der Waals surface area (Å²) in [6.45, 7) is 0.253. The summed E-state index contributed by atoms with van der Waals surface area (Å²) < 4.78 is 9.63.